The third-order valence-electron chi connectivity index (χ3n) is 10.7. The molecule has 0 aromatic carbocycles. The molecule has 1 aromatic heterocycles. The first-order valence-corrected chi connectivity index (χ1v) is 22.0. The van der Waals surface area contributed by atoms with E-state index in [1.165, 1.54) is 12.5 Å². The topological polar surface area (TPSA) is 501 Å². The van der Waals surface area contributed by atoms with Crippen molar-refractivity contribution in [1.82, 2.24) is 46.8 Å². The Morgan fingerprint density at radius 3 is 1.78 bits per heavy atom. The zero-order chi connectivity index (χ0) is 52.0. The first-order valence-electron chi connectivity index (χ1n) is 22.0. The number of nitrogens with one attached hydrogen (secondary N) is 7. The fraction of sp³-hybridized carbons (Fsp3) is 0.625. The summed E-state index contributed by atoms with van der Waals surface area (Å²) in [7, 11) is 0. The highest BCUT2D eigenvalue weighted by atomic mass is 16.4. The van der Waals surface area contributed by atoms with Crippen LogP contribution in [0, 0.1) is 5.92 Å². The molecule has 0 aliphatic carbocycles. The Kier molecular flexibility index (Phi) is 24.0. The highest BCUT2D eigenvalue weighted by Gasteiger charge is 2.39. The van der Waals surface area contributed by atoms with Gasteiger partial charge in [0.15, 0.2) is 5.96 Å². The number of aliphatic imine (C=N–C) groups is 1. The second kappa shape index (κ2) is 28.7. The van der Waals surface area contributed by atoms with E-state index in [0.29, 0.717) is 6.42 Å². The number of likely N-dealkylation sites (tertiary alicyclic amines) is 1. The standard InChI is InChI=1S/C40H66N16O13/c1-19(2)31(38(68)50-22(32(44)62)7-10-28(42)58)55-35(65)23(5-3-13-48-40(45)46)51-33(63)24(8-11-29(43)59)52-36(66)26(15-20-16-47-18-49-20)54-34(64)25(9-12-30(60)61)53-37(67)27-6-4-14-56(27)39(69)21(41)17-57/h16,18-19,21-27,31,57H,3-15,17,41H2,1-2H3,(H2,42,58)(H2,43,59)(H2,44,62)(H,47,49)(H,50,68)(H,51,63)(H,52,66)(H,53,67)(H,54,64)(H,55,65)(H,60,61)(H4,45,46,48)/t21-,22+,23+,24+,25+,26+,27+,31+/m1/s1. The van der Waals surface area contributed by atoms with Crippen molar-refractivity contribution in [2.45, 2.75) is 133 Å². The van der Waals surface area contributed by atoms with Crippen molar-refractivity contribution < 1.29 is 63.0 Å². The van der Waals surface area contributed by atoms with Crippen molar-refractivity contribution in [3.8, 4) is 0 Å². The number of aliphatic hydroxyl groups is 1. The molecule has 1 aliphatic rings. The lowest BCUT2D eigenvalue weighted by Crippen LogP contribution is -2.61. The Balaban J connectivity index is 2.46. The van der Waals surface area contributed by atoms with Gasteiger partial charge in [-0.1, -0.05) is 13.8 Å². The van der Waals surface area contributed by atoms with Crippen LogP contribution in [-0.4, -0.2) is 164 Å². The maximum atomic E-state index is 14.2. The van der Waals surface area contributed by atoms with Gasteiger partial charge < -0.3 is 86.4 Å². The SMILES string of the molecule is CC(C)[C@H](NC(=O)[C@H](CCCN=C(N)N)NC(=O)[C@H](CCC(N)=O)NC(=O)[C@H](Cc1cnc[nH]1)NC(=O)[C@H](CCC(=O)O)NC(=O)[C@@H]1CCCN1C(=O)[C@H](N)CO)C(=O)N[C@@H](CCC(N)=O)C(N)=O. The molecule has 0 radical (unpaired) electrons. The van der Waals surface area contributed by atoms with E-state index in [1.54, 1.807) is 13.8 Å². The highest BCUT2D eigenvalue weighted by Crippen LogP contribution is 2.19. The summed E-state index contributed by atoms with van der Waals surface area (Å²) in [6.45, 7) is 2.54. The molecule has 21 N–H and O–H groups in total. The summed E-state index contributed by atoms with van der Waals surface area (Å²) in [5.74, 6) is -11.3. The fourth-order valence-electron chi connectivity index (χ4n) is 6.99. The van der Waals surface area contributed by atoms with E-state index >= 15 is 0 Å². The Hall–Kier alpha value is -7.43. The number of amides is 10. The van der Waals surface area contributed by atoms with Gasteiger partial charge in [0.2, 0.25) is 59.1 Å². The van der Waals surface area contributed by atoms with E-state index in [2.05, 4.69) is 46.9 Å². The number of nitrogens with zero attached hydrogens (tertiary/aromatic N) is 3. The van der Waals surface area contributed by atoms with Crippen molar-refractivity contribution in [2.24, 2.45) is 45.3 Å². The van der Waals surface area contributed by atoms with Crippen LogP contribution in [0.2, 0.25) is 0 Å². The van der Waals surface area contributed by atoms with Gasteiger partial charge >= 0.3 is 5.97 Å². The van der Waals surface area contributed by atoms with Crippen LogP contribution in [0.4, 0.5) is 0 Å². The second-order valence-electron chi connectivity index (χ2n) is 16.6. The summed E-state index contributed by atoms with van der Waals surface area (Å²) in [4.78, 5) is 155. The molecule has 0 spiro atoms. The van der Waals surface area contributed by atoms with E-state index in [4.69, 9.17) is 34.4 Å². The number of nitrogens with two attached hydrogens (primary N) is 6. The first-order chi connectivity index (χ1) is 32.4. The van der Waals surface area contributed by atoms with Crippen LogP contribution < -0.4 is 66.3 Å². The molecule has 0 saturated carbocycles. The van der Waals surface area contributed by atoms with Crippen LogP contribution in [-0.2, 0) is 59.2 Å². The summed E-state index contributed by atoms with van der Waals surface area (Å²) in [5, 5.41) is 33.7. The molecule has 1 saturated heterocycles. The number of imidazole rings is 1. The van der Waals surface area contributed by atoms with Gasteiger partial charge in [-0.05, 0) is 50.9 Å². The predicted molar refractivity (Wildman–Crippen MR) is 241 cm³/mol. The average Bonchev–Trinajstić information content (AvgIpc) is 3.99. The van der Waals surface area contributed by atoms with Gasteiger partial charge in [0.05, 0.1) is 12.9 Å². The smallest absolute Gasteiger partial charge is 0.303 e. The van der Waals surface area contributed by atoms with E-state index in [1.807, 2.05) is 0 Å². The molecule has 384 valence electrons. The number of hydrogen-bond acceptors (Lipinski definition) is 15. The van der Waals surface area contributed by atoms with Gasteiger partial charge in [0, 0.05) is 50.7 Å². The van der Waals surface area contributed by atoms with Crippen molar-refractivity contribution >= 4 is 71.0 Å². The average molecular weight is 979 g/mol. The Morgan fingerprint density at radius 2 is 1.26 bits per heavy atom. The molecule has 29 heteroatoms. The molecule has 2 heterocycles. The Bertz CT molecular complexity index is 2010. The van der Waals surface area contributed by atoms with Crippen LogP contribution in [0.1, 0.15) is 83.7 Å². The molecule has 1 aromatic rings. The number of carboxylic acids is 1. The van der Waals surface area contributed by atoms with E-state index in [-0.39, 0.29) is 63.3 Å². The molecule has 2 rings (SSSR count). The lowest BCUT2D eigenvalue weighted by atomic mass is 10.0. The van der Waals surface area contributed by atoms with Crippen LogP contribution >= 0.6 is 0 Å². The first kappa shape index (κ1) is 57.7. The second-order valence-corrected chi connectivity index (χ2v) is 16.6. The number of carbonyl (C=O) groups excluding carboxylic acids is 10. The van der Waals surface area contributed by atoms with E-state index in [9.17, 15) is 63.0 Å². The normalized spacial score (nSPS) is 16.2. The number of rotatable bonds is 31. The third kappa shape index (κ3) is 20.1. The fourth-order valence-corrected chi connectivity index (χ4v) is 6.99. The summed E-state index contributed by atoms with van der Waals surface area (Å²) in [6, 6.07) is -11.4. The number of guanidine groups is 1. The minimum atomic E-state index is -1.64. The highest BCUT2D eigenvalue weighted by molar-refractivity contribution is 5.98. The quantitative estimate of drug-likeness (QED) is 0.0187. The van der Waals surface area contributed by atoms with Crippen LogP contribution in [0.3, 0.4) is 0 Å². The number of primary amides is 3. The number of H-pyrrole nitrogens is 1. The molecule has 29 nitrogen and oxygen atoms in total. The maximum absolute atomic E-state index is 14.2. The zero-order valence-corrected chi connectivity index (χ0v) is 38.4. The molecule has 8 atom stereocenters. The summed E-state index contributed by atoms with van der Waals surface area (Å²) < 4.78 is 0. The summed E-state index contributed by atoms with van der Waals surface area (Å²) in [6.07, 6.45) is 0.192. The molecule has 69 heavy (non-hydrogen) atoms. The molecule has 10 amide bonds. The number of aliphatic hydroxyl groups excluding tert-OH is 1. The Labute approximate surface area is 396 Å². The van der Waals surface area contributed by atoms with Gasteiger partial charge in [0.1, 0.15) is 48.3 Å². The van der Waals surface area contributed by atoms with Crippen LogP contribution in [0.25, 0.3) is 0 Å². The molecular formula is C40H66N16O13. The van der Waals surface area contributed by atoms with Crippen LogP contribution in [0.15, 0.2) is 17.5 Å². The largest absolute Gasteiger partial charge is 0.481 e. The third-order valence-corrected chi connectivity index (χ3v) is 10.7. The van der Waals surface area contributed by atoms with Crippen molar-refractivity contribution in [3.63, 3.8) is 0 Å². The molecule has 1 fully saturated rings. The maximum Gasteiger partial charge on any atom is 0.303 e. The minimum Gasteiger partial charge on any atom is -0.481 e. The molecule has 0 bridgehead atoms. The van der Waals surface area contributed by atoms with Gasteiger partial charge in [0.25, 0.3) is 0 Å². The van der Waals surface area contributed by atoms with Crippen molar-refractivity contribution in [2.75, 3.05) is 19.7 Å². The number of hydrogen-bond donors (Lipinski definition) is 15. The summed E-state index contributed by atoms with van der Waals surface area (Å²) in [5.41, 5.74) is 32.9. The number of carboxylic acid groups (broad SMARTS) is 1. The van der Waals surface area contributed by atoms with E-state index < -0.39 is 152 Å². The zero-order valence-electron chi connectivity index (χ0n) is 38.4. The van der Waals surface area contributed by atoms with Crippen molar-refractivity contribution in [1.29, 1.82) is 0 Å². The monoisotopic (exact) mass is 978 g/mol. The molecule has 1 aliphatic heterocycles. The van der Waals surface area contributed by atoms with Gasteiger partial charge in [-0.25, -0.2) is 4.98 Å². The van der Waals surface area contributed by atoms with Gasteiger partial charge in [-0.2, -0.15) is 0 Å². The van der Waals surface area contributed by atoms with Crippen LogP contribution in [0.5, 0.6) is 0 Å². The number of aliphatic carboxylic acids is 1. The predicted octanol–water partition coefficient (Wildman–Crippen LogP) is -7.24. The Morgan fingerprint density at radius 1 is 0.739 bits per heavy atom. The summed E-state index contributed by atoms with van der Waals surface area (Å²) >= 11 is 0. The number of carbonyl (C=O) groups is 11. The van der Waals surface area contributed by atoms with E-state index in [0.717, 1.165) is 4.90 Å². The lowest BCUT2D eigenvalue weighted by Gasteiger charge is -2.29. The van der Waals surface area contributed by atoms with Crippen molar-refractivity contribution in [3.05, 3.63) is 18.2 Å². The van der Waals surface area contributed by atoms with Gasteiger partial charge in [-0.3, -0.25) is 57.7 Å². The molecular weight excluding hydrogens is 913 g/mol. The lowest BCUT2D eigenvalue weighted by molar-refractivity contribution is -0.141. The number of aromatic amines is 1. The van der Waals surface area contributed by atoms with Gasteiger partial charge in [-0.15, -0.1) is 0 Å². The number of aromatic nitrogens is 2. The molecule has 0 unspecified atom stereocenters. The minimum absolute atomic E-state index is 0.0180.